The molecule has 8 heteroatoms. The van der Waals surface area contributed by atoms with Crippen molar-refractivity contribution in [3.05, 3.63) is 82.6 Å². The highest BCUT2D eigenvalue weighted by Gasteiger charge is 2.14. The third kappa shape index (κ3) is 4.36. The van der Waals surface area contributed by atoms with Gasteiger partial charge in [0.2, 0.25) is 0 Å². The second-order valence-electron chi connectivity index (χ2n) is 6.81. The molecule has 0 aliphatic carbocycles. The van der Waals surface area contributed by atoms with E-state index in [1.54, 1.807) is 13.2 Å². The Morgan fingerprint density at radius 2 is 2.00 bits per heavy atom. The zero-order valence-electron chi connectivity index (χ0n) is 16.5. The van der Waals surface area contributed by atoms with Crippen LogP contribution in [0.1, 0.15) is 21.7 Å². The summed E-state index contributed by atoms with van der Waals surface area (Å²) in [5, 5.41) is 15.0. The highest BCUT2D eigenvalue weighted by Crippen LogP contribution is 2.23. The van der Waals surface area contributed by atoms with Gasteiger partial charge in [-0.25, -0.2) is 0 Å². The van der Waals surface area contributed by atoms with Crippen LogP contribution in [-0.4, -0.2) is 33.0 Å². The topological polar surface area (TPSA) is 84.8 Å². The number of hydrogen-bond donors (Lipinski definition) is 2. The van der Waals surface area contributed by atoms with Crippen molar-refractivity contribution in [2.45, 2.75) is 13.5 Å². The van der Waals surface area contributed by atoms with Crippen LogP contribution in [0.5, 0.6) is 5.75 Å². The Labute approximate surface area is 178 Å². The Kier molecular flexibility index (Phi) is 5.54. The minimum Gasteiger partial charge on any atom is -0.497 e. The molecule has 4 aromatic rings. The molecule has 0 saturated carbocycles. The maximum Gasteiger partial charge on any atom is 0.274 e. The van der Waals surface area contributed by atoms with E-state index in [1.807, 2.05) is 66.2 Å². The predicted molar refractivity (Wildman–Crippen MR) is 116 cm³/mol. The van der Waals surface area contributed by atoms with Crippen molar-refractivity contribution in [1.82, 2.24) is 20.0 Å². The molecule has 4 rings (SSSR count). The summed E-state index contributed by atoms with van der Waals surface area (Å²) in [6.45, 7) is 2.50. The number of rotatable bonds is 6. The Morgan fingerprint density at radius 1 is 1.17 bits per heavy atom. The van der Waals surface area contributed by atoms with Gasteiger partial charge in [-0.05, 0) is 42.8 Å². The zero-order valence-corrected chi connectivity index (χ0v) is 17.3. The second kappa shape index (κ2) is 8.42. The lowest BCUT2D eigenvalue weighted by Gasteiger charge is -2.05. The van der Waals surface area contributed by atoms with Gasteiger partial charge in [-0.15, -0.1) is 0 Å². The van der Waals surface area contributed by atoms with Gasteiger partial charge in [-0.3, -0.25) is 14.6 Å². The molecule has 0 spiro atoms. The smallest absolute Gasteiger partial charge is 0.274 e. The Bertz CT molecular complexity index is 1200. The number of carbonyl (C=O) groups is 1. The maximum atomic E-state index is 12.6. The van der Waals surface area contributed by atoms with E-state index in [-0.39, 0.29) is 5.91 Å². The summed E-state index contributed by atoms with van der Waals surface area (Å²) >= 11 is 6.05. The third-order valence-corrected chi connectivity index (χ3v) is 4.87. The number of amides is 1. The average Bonchev–Trinajstić information content (AvgIpc) is 3.35. The monoisotopic (exact) mass is 421 g/mol. The molecule has 0 bridgehead atoms. The zero-order chi connectivity index (χ0) is 21.1. The number of aromatic nitrogens is 4. The van der Waals surface area contributed by atoms with Gasteiger partial charge >= 0.3 is 0 Å². The summed E-state index contributed by atoms with van der Waals surface area (Å²) in [6.07, 6.45) is 0. The van der Waals surface area contributed by atoms with Crippen LogP contribution in [0.15, 0.2) is 60.7 Å². The number of nitrogens with one attached hydrogen (secondary N) is 2. The molecule has 2 heterocycles. The first-order valence-corrected chi connectivity index (χ1v) is 9.70. The minimum atomic E-state index is -0.316. The molecule has 1 amide bonds. The van der Waals surface area contributed by atoms with E-state index in [0.717, 1.165) is 22.6 Å². The molecular formula is C22H20ClN5O2. The summed E-state index contributed by atoms with van der Waals surface area (Å²) < 4.78 is 7.05. The lowest BCUT2D eigenvalue weighted by Crippen LogP contribution is -2.13. The number of nitrogens with zero attached hydrogens (tertiary/aromatic N) is 3. The van der Waals surface area contributed by atoms with Crippen LogP contribution in [0.2, 0.25) is 5.02 Å². The molecule has 0 radical (unpaired) electrons. The lowest BCUT2D eigenvalue weighted by atomic mass is 10.1. The van der Waals surface area contributed by atoms with E-state index in [9.17, 15) is 4.79 Å². The molecule has 0 atom stereocenters. The Hall–Kier alpha value is -3.58. The first-order valence-electron chi connectivity index (χ1n) is 9.32. The average molecular weight is 422 g/mol. The molecule has 2 N–H and O–H groups in total. The van der Waals surface area contributed by atoms with Crippen molar-refractivity contribution >= 4 is 23.3 Å². The van der Waals surface area contributed by atoms with Crippen molar-refractivity contribution in [2.75, 3.05) is 12.4 Å². The highest BCUT2D eigenvalue weighted by molar-refractivity contribution is 6.30. The van der Waals surface area contributed by atoms with Crippen LogP contribution in [-0.2, 0) is 6.54 Å². The van der Waals surface area contributed by atoms with Gasteiger partial charge in [0.05, 0.1) is 19.3 Å². The third-order valence-electron chi connectivity index (χ3n) is 4.63. The molecule has 0 saturated heterocycles. The van der Waals surface area contributed by atoms with Crippen LogP contribution in [0.25, 0.3) is 11.3 Å². The van der Waals surface area contributed by atoms with E-state index in [1.165, 1.54) is 0 Å². The van der Waals surface area contributed by atoms with Crippen LogP contribution < -0.4 is 10.1 Å². The molecule has 7 nitrogen and oxygen atoms in total. The fourth-order valence-corrected chi connectivity index (χ4v) is 3.30. The SMILES string of the molecule is COc1cccc(-c2cc(C(=O)Nc3cc(C)n(Cc4cccc(Cl)c4)n3)[nH]n2)c1. The molecular weight excluding hydrogens is 402 g/mol. The molecule has 0 fully saturated rings. The van der Waals surface area contributed by atoms with Crippen molar-refractivity contribution in [1.29, 1.82) is 0 Å². The molecule has 0 aliphatic rings. The van der Waals surface area contributed by atoms with Gasteiger partial charge in [0.1, 0.15) is 11.4 Å². The van der Waals surface area contributed by atoms with Gasteiger partial charge in [-0.2, -0.15) is 10.2 Å². The van der Waals surface area contributed by atoms with Crippen LogP contribution >= 0.6 is 11.6 Å². The van der Waals surface area contributed by atoms with E-state index in [4.69, 9.17) is 16.3 Å². The molecule has 30 heavy (non-hydrogen) atoms. The first-order chi connectivity index (χ1) is 14.5. The van der Waals surface area contributed by atoms with Crippen LogP contribution in [0, 0.1) is 6.92 Å². The van der Waals surface area contributed by atoms with E-state index in [0.29, 0.717) is 28.8 Å². The van der Waals surface area contributed by atoms with Crippen molar-refractivity contribution in [3.8, 4) is 17.0 Å². The number of benzene rings is 2. The fourth-order valence-electron chi connectivity index (χ4n) is 3.09. The number of anilines is 1. The number of H-pyrrole nitrogens is 1. The van der Waals surface area contributed by atoms with Gasteiger partial charge in [-0.1, -0.05) is 35.9 Å². The van der Waals surface area contributed by atoms with E-state index in [2.05, 4.69) is 20.6 Å². The molecule has 2 aromatic heterocycles. The fraction of sp³-hybridized carbons (Fsp3) is 0.136. The first kappa shape index (κ1) is 19.7. The number of aryl methyl sites for hydroxylation is 1. The maximum absolute atomic E-state index is 12.6. The van der Waals surface area contributed by atoms with Crippen LogP contribution in [0.3, 0.4) is 0 Å². The normalized spacial score (nSPS) is 10.8. The van der Waals surface area contributed by atoms with E-state index < -0.39 is 0 Å². The summed E-state index contributed by atoms with van der Waals surface area (Å²) in [5.74, 6) is 0.878. The molecule has 152 valence electrons. The predicted octanol–water partition coefficient (Wildman–Crippen LogP) is 4.54. The molecule has 0 aliphatic heterocycles. The minimum absolute atomic E-state index is 0.316. The number of aromatic amines is 1. The number of methoxy groups -OCH3 is 1. The summed E-state index contributed by atoms with van der Waals surface area (Å²) in [7, 11) is 1.61. The van der Waals surface area contributed by atoms with Gasteiger partial charge < -0.3 is 10.1 Å². The second-order valence-corrected chi connectivity index (χ2v) is 7.25. The summed E-state index contributed by atoms with van der Waals surface area (Å²) in [6, 6.07) is 18.6. The standard InChI is InChI=1S/C22H20ClN5O2/c1-14-9-21(27-28(14)13-15-5-3-7-17(23)10-15)24-22(29)20-12-19(25-26-20)16-6-4-8-18(11-16)30-2/h3-12H,13H2,1-2H3,(H,25,26)(H,24,27,29). The highest BCUT2D eigenvalue weighted by atomic mass is 35.5. The largest absolute Gasteiger partial charge is 0.497 e. The summed E-state index contributed by atoms with van der Waals surface area (Å²) in [5.41, 5.74) is 3.80. The number of halogens is 1. The van der Waals surface area contributed by atoms with Gasteiger partial charge in [0, 0.05) is 22.3 Å². The molecule has 0 unspecified atom stereocenters. The van der Waals surface area contributed by atoms with Crippen molar-refractivity contribution < 1.29 is 9.53 Å². The Balaban J connectivity index is 1.47. The Morgan fingerprint density at radius 3 is 2.80 bits per heavy atom. The van der Waals surface area contributed by atoms with Crippen molar-refractivity contribution in [3.63, 3.8) is 0 Å². The number of hydrogen-bond acceptors (Lipinski definition) is 4. The van der Waals surface area contributed by atoms with Crippen molar-refractivity contribution in [2.24, 2.45) is 0 Å². The summed E-state index contributed by atoms with van der Waals surface area (Å²) in [4.78, 5) is 12.6. The van der Waals surface area contributed by atoms with Gasteiger partial charge in [0.15, 0.2) is 5.82 Å². The van der Waals surface area contributed by atoms with Crippen LogP contribution in [0.4, 0.5) is 5.82 Å². The van der Waals surface area contributed by atoms with Gasteiger partial charge in [0.25, 0.3) is 5.91 Å². The number of ether oxygens (including phenoxy) is 1. The quantitative estimate of drug-likeness (QED) is 0.478. The van der Waals surface area contributed by atoms with E-state index >= 15 is 0 Å². The molecule has 2 aromatic carbocycles. The lowest BCUT2D eigenvalue weighted by molar-refractivity contribution is 0.102. The number of carbonyl (C=O) groups excluding carboxylic acids is 1.